The fourth-order valence-electron chi connectivity index (χ4n) is 3.26. The summed E-state index contributed by atoms with van der Waals surface area (Å²) in [5.74, 6) is -0.0222. The second-order valence-corrected chi connectivity index (χ2v) is 6.95. The molecule has 2 aromatic heterocycles. The first kappa shape index (κ1) is 19.4. The summed E-state index contributed by atoms with van der Waals surface area (Å²) in [4.78, 5) is 39.0. The smallest absolute Gasteiger partial charge is 0.278 e. The van der Waals surface area contributed by atoms with Gasteiger partial charge in [-0.3, -0.25) is 19.3 Å². The van der Waals surface area contributed by atoms with Crippen molar-refractivity contribution in [2.24, 2.45) is 0 Å². The molecule has 3 aromatic rings. The van der Waals surface area contributed by atoms with Gasteiger partial charge in [-0.05, 0) is 50.2 Å². The van der Waals surface area contributed by atoms with E-state index in [9.17, 15) is 14.4 Å². The molecule has 0 bridgehead atoms. The van der Waals surface area contributed by atoms with Gasteiger partial charge in [0, 0.05) is 11.3 Å². The highest BCUT2D eigenvalue weighted by Gasteiger charge is 2.28. The monoisotopic (exact) mass is 408 g/mol. The van der Waals surface area contributed by atoms with E-state index in [4.69, 9.17) is 9.15 Å². The average molecular weight is 408 g/mol. The van der Waals surface area contributed by atoms with E-state index in [0.717, 1.165) is 5.69 Å². The van der Waals surface area contributed by atoms with E-state index in [0.29, 0.717) is 28.5 Å². The molecule has 1 aliphatic rings. The standard InChI is InChI=1S/C21H20N4O5/c1-13-8-14(2)25(23-13)21(28)15-5-6-18-17(9-15)24(20(27)12-30-18)11-19(26)22-10-16-4-3-7-29-16/h3-9H,10-12H2,1-2H3,(H,22,26). The number of rotatable bonds is 5. The first-order valence-electron chi connectivity index (χ1n) is 9.36. The summed E-state index contributed by atoms with van der Waals surface area (Å²) in [5, 5.41) is 6.92. The normalized spacial score (nSPS) is 13.0. The molecule has 30 heavy (non-hydrogen) atoms. The number of ether oxygens (including phenoxy) is 1. The largest absolute Gasteiger partial charge is 0.482 e. The lowest BCUT2D eigenvalue weighted by atomic mass is 10.1. The predicted octanol–water partition coefficient (Wildman–Crippen LogP) is 1.82. The maximum Gasteiger partial charge on any atom is 0.278 e. The minimum Gasteiger partial charge on any atom is -0.482 e. The Bertz CT molecular complexity index is 1120. The summed E-state index contributed by atoms with van der Waals surface area (Å²) in [7, 11) is 0. The van der Waals surface area contributed by atoms with E-state index >= 15 is 0 Å². The van der Waals surface area contributed by atoms with Crippen molar-refractivity contribution in [2.45, 2.75) is 20.4 Å². The topological polar surface area (TPSA) is 107 Å². The molecule has 4 rings (SSSR count). The van der Waals surface area contributed by atoms with Gasteiger partial charge in [0.1, 0.15) is 18.1 Å². The molecule has 0 unspecified atom stereocenters. The summed E-state index contributed by atoms with van der Waals surface area (Å²) < 4.78 is 12.0. The van der Waals surface area contributed by atoms with Crippen LogP contribution in [-0.2, 0) is 16.1 Å². The molecule has 3 heterocycles. The number of carbonyl (C=O) groups is 3. The molecule has 0 spiro atoms. The molecule has 0 saturated carbocycles. The summed E-state index contributed by atoms with van der Waals surface area (Å²) in [6, 6.07) is 10.1. The molecule has 0 fully saturated rings. The van der Waals surface area contributed by atoms with Crippen LogP contribution in [0.4, 0.5) is 5.69 Å². The lowest BCUT2D eigenvalue weighted by molar-refractivity contribution is -0.125. The second-order valence-electron chi connectivity index (χ2n) is 6.95. The van der Waals surface area contributed by atoms with E-state index in [1.54, 1.807) is 50.2 Å². The lowest BCUT2D eigenvalue weighted by Gasteiger charge is -2.29. The van der Waals surface area contributed by atoms with Crippen LogP contribution in [0.2, 0.25) is 0 Å². The van der Waals surface area contributed by atoms with Gasteiger partial charge in [0.15, 0.2) is 6.61 Å². The number of nitrogens with zero attached hydrogens (tertiary/aromatic N) is 3. The van der Waals surface area contributed by atoms with Crippen molar-refractivity contribution in [2.75, 3.05) is 18.1 Å². The first-order valence-corrected chi connectivity index (χ1v) is 9.36. The van der Waals surface area contributed by atoms with E-state index in [-0.39, 0.29) is 37.4 Å². The van der Waals surface area contributed by atoms with Crippen molar-refractivity contribution in [3.63, 3.8) is 0 Å². The Kier molecular flexibility index (Phi) is 5.09. The van der Waals surface area contributed by atoms with Crippen LogP contribution in [-0.4, -0.2) is 40.7 Å². The van der Waals surface area contributed by atoms with Crippen molar-refractivity contribution in [3.8, 4) is 5.75 Å². The zero-order valence-electron chi connectivity index (χ0n) is 16.5. The van der Waals surface area contributed by atoms with Gasteiger partial charge in [-0.25, -0.2) is 4.68 Å². The van der Waals surface area contributed by atoms with Crippen molar-refractivity contribution in [1.29, 1.82) is 0 Å². The molecule has 0 aliphatic carbocycles. The van der Waals surface area contributed by atoms with E-state index < -0.39 is 0 Å². The van der Waals surface area contributed by atoms with Crippen LogP contribution in [0.5, 0.6) is 5.75 Å². The maximum absolute atomic E-state index is 12.9. The Labute approximate surface area is 172 Å². The molecule has 2 amide bonds. The van der Waals surface area contributed by atoms with Crippen LogP contribution in [0.15, 0.2) is 47.1 Å². The number of anilines is 1. The molecular formula is C21H20N4O5. The quantitative estimate of drug-likeness (QED) is 0.690. The summed E-state index contributed by atoms with van der Waals surface area (Å²) in [5.41, 5.74) is 2.13. The molecule has 1 N–H and O–H groups in total. The van der Waals surface area contributed by atoms with Crippen LogP contribution >= 0.6 is 0 Å². The van der Waals surface area contributed by atoms with Crippen LogP contribution in [0.1, 0.15) is 27.5 Å². The van der Waals surface area contributed by atoms with Crippen LogP contribution in [0.3, 0.4) is 0 Å². The predicted molar refractivity (Wildman–Crippen MR) is 106 cm³/mol. The number of benzene rings is 1. The molecule has 9 nitrogen and oxygen atoms in total. The second kappa shape index (κ2) is 7.86. The van der Waals surface area contributed by atoms with Crippen LogP contribution in [0.25, 0.3) is 0 Å². The highest BCUT2D eigenvalue weighted by Crippen LogP contribution is 2.33. The number of furan rings is 1. The summed E-state index contributed by atoms with van der Waals surface area (Å²) in [6.45, 7) is 3.43. The van der Waals surface area contributed by atoms with Crippen molar-refractivity contribution < 1.29 is 23.5 Å². The first-order chi connectivity index (χ1) is 14.4. The molecule has 154 valence electrons. The van der Waals surface area contributed by atoms with E-state index in [1.165, 1.54) is 15.8 Å². The van der Waals surface area contributed by atoms with Gasteiger partial charge < -0.3 is 14.5 Å². The third kappa shape index (κ3) is 3.82. The van der Waals surface area contributed by atoms with Gasteiger partial charge in [0.05, 0.1) is 24.2 Å². The highest BCUT2D eigenvalue weighted by atomic mass is 16.5. The molecule has 0 atom stereocenters. The van der Waals surface area contributed by atoms with Crippen LogP contribution < -0.4 is 15.0 Å². The van der Waals surface area contributed by atoms with Gasteiger partial charge in [0.2, 0.25) is 5.91 Å². The zero-order chi connectivity index (χ0) is 21.3. The van der Waals surface area contributed by atoms with Crippen molar-refractivity contribution in [1.82, 2.24) is 15.1 Å². The van der Waals surface area contributed by atoms with E-state index in [2.05, 4.69) is 10.4 Å². The number of amides is 2. The Morgan fingerprint density at radius 1 is 1.20 bits per heavy atom. The van der Waals surface area contributed by atoms with Gasteiger partial charge in [-0.1, -0.05) is 0 Å². The van der Waals surface area contributed by atoms with Gasteiger partial charge in [-0.2, -0.15) is 5.10 Å². The summed E-state index contributed by atoms with van der Waals surface area (Å²) in [6.07, 6.45) is 1.52. The fraction of sp³-hybridized carbons (Fsp3) is 0.238. The third-order valence-corrected chi connectivity index (χ3v) is 4.69. The zero-order valence-corrected chi connectivity index (χ0v) is 16.5. The number of carbonyl (C=O) groups excluding carboxylic acids is 3. The molecule has 9 heteroatoms. The number of fused-ring (bicyclic) bond motifs is 1. The molecular weight excluding hydrogens is 388 g/mol. The number of hydrogen-bond donors (Lipinski definition) is 1. The minimum absolute atomic E-state index is 0.177. The average Bonchev–Trinajstić information content (AvgIpc) is 3.36. The Morgan fingerprint density at radius 2 is 2.03 bits per heavy atom. The van der Waals surface area contributed by atoms with Gasteiger partial charge >= 0.3 is 0 Å². The number of hydrogen-bond acceptors (Lipinski definition) is 6. The Hall–Kier alpha value is -3.88. The van der Waals surface area contributed by atoms with Crippen LogP contribution in [0, 0.1) is 13.8 Å². The minimum atomic E-state index is -0.369. The molecule has 0 radical (unpaired) electrons. The van der Waals surface area contributed by atoms with Crippen molar-refractivity contribution >= 4 is 23.4 Å². The molecule has 1 aromatic carbocycles. The highest BCUT2D eigenvalue weighted by molar-refractivity contribution is 6.04. The summed E-state index contributed by atoms with van der Waals surface area (Å²) >= 11 is 0. The number of aryl methyl sites for hydroxylation is 2. The fourth-order valence-corrected chi connectivity index (χ4v) is 3.26. The Balaban J connectivity index is 1.56. The van der Waals surface area contributed by atoms with Crippen molar-refractivity contribution in [3.05, 3.63) is 65.4 Å². The maximum atomic E-state index is 12.9. The van der Waals surface area contributed by atoms with Gasteiger partial charge in [-0.15, -0.1) is 0 Å². The number of aromatic nitrogens is 2. The lowest BCUT2D eigenvalue weighted by Crippen LogP contribution is -2.45. The molecule has 1 aliphatic heterocycles. The SMILES string of the molecule is Cc1cc(C)n(C(=O)c2ccc3c(c2)N(CC(=O)NCc2ccco2)C(=O)CO3)n1. The van der Waals surface area contributed by atoms with Gasteiger partial charge in [0.25, 0.3) is 11.8 Å². The third-order valence-electron chi connectivity index (χ3n) is 4.69. The Morgan fingerprint density at radius 3 is 2.73 bits per heavy atom. The molecule has 0 saturated heterocycles. The van der Waals surface area contributed by atoms with E-state index in [1.807, 2.05) is 0 Å². The number of nitrogens with one attached hydrogen (secondary N) is 1.